The van der Waals surface area contributed by atoms with Crippen molar-refractivity contribution in [3.8, 4) is 0 Å². The lowest BCUT2D eigenvalue weighted by Gasteiger charge is -2.12. The van der Waals surface area contributed by atoms with Gasteiger partial charge < -0.3 is 11.1 Å². The van der Waals surface area contributed by atoms with E-state index in [9.17, 15) is 27.6 Å². The van der Waals surface area contributed by atoms with Crippen LogP contribution in [0.3, 0.4) is 0 Å². The summed E-state index contributed by atoms with van der Waals surface area (Å²) in [6.07, 6.45) is -5.61. The summed E-state index contributed by atoms with van der Waals surface area (Å²) in [5.41, 5.74) is 4.45. The van der Waals surface area contributed by atoms with Crippen molar-refractivity contribution in [3.63, 3.8) is 0 Å². The van der Waals surface area contributed by atoms with Crippen molar-refractivity contribution in [1.29, 1.82) is 0 Å². The van der Waals surface area contributed by atoms with Gasteiger partial charge in [-0.25, -0.2) is 4.79 Å². The van der Waals surface area contributed by atoms with Gasteiger partial charge in [0.2, 0.25) is 5.91 Å². The largest absolute Gasteiger partial charge is 0.390 e. The zero-order valence-corrected chi connectivity index (χ0v) is 15.1. The third-order valence-corrected chi connectivity index (χ3v) is 5.27. The normalized spacial score (nSPS) is 11.9. The van der Waals surface area contributed by atoms with Gasteiger partial charge in [-0.3, -0.25) is 18.7 Å². The third-order valence-electron chi connectivity index (χ3n) is 3.96. The second kappa shape index (κ2) is 7.62. The number of carbonyl (C=O) groups excluding carboxylic acids is 1. The second-order valence-electron chi connectivity index (χ2n) is 5.66. The van der Waals surface area contributed by atoms with Crippen LogP contribution in [0.4, 0.5) is 13.2 Å². The molecule has 0 saturated carbocycles. The molecule has 2 heterocycles. The monoisotopic (exact) mass is 392 g/mol. The molecule has 1 amide bonds. The van der Waals surface area contributed by atoms with Crippen molar-refractivity contribution in [3.05, 3.63) is 31.3 Å². The molecule has 0 unspecified atom stereocenters. The Morgan fingerprint density at radius 3 is 2.46 bits per heavy atom. The quantitative estimate of drug-likeness (QED) is 0.769. The van der Waals surface area contributed by atoms with Crippen molar-refractivity contribution in [2.24, 2.45) is 5.73 Å². The van der Waals surface area contributed by atoms with Gasteiger partial charge in [0.1, 0.15) is 4.83 Å². The van der Waals surface area contributed by atoms with Gasteiger partial charge in [0.05, 0.1) is 24.9 Å². The number of nitrogens with one attached hydrogen (secondary N) is 1. The molecular weight excluding hydrogens is 373 g/mol. The first-order valence-corrected chi connectivity index (χ1v) is 8.71. The fraction of sp³-hybridized carbons (Fsp3) is 0.533. The number of amides is 1. The van der Waals surface area contributed by atoms with Crippen molar-refractivity contribution >= 4 is 27.5 Å². The van der Waals surface area contributed by atoms with Crippen molar-refractivity contribution in [2.45, 2.75) is 46.1 Å². The summed E-state index contributed by atoms with van der Waals surface area (Å²) in [6.45, 7) is 2.57. The molecule has 0 aliphatic rings. The van der Waals surface area contributed by atoms with Gasteiger partial charge in [0, 0.05) is 18.0 Å². The van der Waals surface area contributed by atoms with E-state index in [1.807, 2.05) is 0 Å². The van der Waals surface area contributed by atoms with E-state index in [0.717, 1.165) is 20.5 Å². The van der Waals surface area contributed by atoms with Gasteiger partial charge in [-0.05, 0) is 19.4 Å². The average Bonchev–Trinajstić information content (AvgIpc) is 2.88. The summed E-state index contributed by atoms with van der Waals surface area (Å²) in [6, 6.07) is 0. The zero-order chi connectivity index (χ0) is 19.6. The van der Waals surface area contributed by atoms with Crippen LogP contribution in [0, 0.1) is 6.92 Å². The van der Waals surface area contributed by atoms with Crippen LogP contribution in [-0.4, -0.2) is 27.8 Å². The van der Waals surface area contributed by atoms with Gasteiger partial charge >= 0.3 is 11.9 Å². The van der Waals surface area contributed by atoms with Crippen LogP contribution in [0.5, 0.6) is 0 Å². The molecule has 0 aliphatic carbocycles. The van der Waals surface area contributed by atoms with Crippen molar-refractivity contribution < 1.29 is 18.0 Å². The highest BCUT2D eigenvalue weighted by Gasteiger charge is 2.28. The highest BCUT2D eigenvalue weighted by Crippen LogP contribution is 2.29. The summed E-state index contributed by atoms with van der Waals surface area (Å²) in [7, 11) is 0. The lowest BCUT2D eigenvalue weighted by atomic mass is 10.2. The first kappa shape index (κ1) is 20.2. The van der Waals surface area contributed by atoms with Gasteiger partial charge in [0.25, 0.3) is 5.56 Å². The zero-order valence-electron chi connectivity index (χ0n) is 14.3. The van der Waals surface area contributed by atoms with E-state index in [1.54, 1.807) is 13.8 Å². The Morgan fingerprint density at radius 2 is 1.92 bits per heavy atom. The summed E-state index contributed by atoms with van der Waals surface area (Å²) in [5.74, 6) is -0.401. The highest BCUT2D eigenvalue weighted by molar-refractivity contribution is 7.18. The number of carbonyl (C=O) groups is 1. The fourth-order valence-corrected chi connectivity index (χ4v) is 3.83. The number of nitrogens with zero attached hydrogens (tertiary/aromatic N) is 2. The van der Waals surface area contributed by atoms with Crippen LogP contribution < -0.4 is 22.3 Å². The number of thiophene rings is 1. The Labute approximate surface area is 150 Å². The molecule has 0 aliphatic heterocycles. The van der Waals surface area contributed by atoms with E-state index >= 15 is 0 Å². The Hall–Kier alpha value is -2.14. The standard InChI is InChI=1S/C15H19F3N4O3S/c1-3-21-12(24)11-8(2)9(7-20-10(23)6-19)26-13(11)22(14(21)25)5-4-15(16,17)18/h3-7,19H2,1-2H3,(H,20,23). The van der Waals surface area contributed by atoms with E-state index in [2.05, 4.69) is 5.32 Å². The molecule has 0 bridgehead atoms. The van der Waals surface area contributed by atoms with Crippen LogP contribution in [0.1, 0.15) is 23.8 Å². The molecule has 2 aromatic rings. The Morgan fingerprint density at radius 1 is 1.27 bits per heavy atom. The molecule has 2 aromatic heterocycles. The van der Waals surface area contributed by atoms with E-state index in [4.69, 9.17) is 5.73 Å². The SMILES string of the molecule is CCn1c(=O)c2c(C)c(CNC(=O)CN)sc2n(CCC(F)(F)F)c1=O. The number of fused-ring (bicyclic) bond motifs is 1. The Kier molecular flexibility index (Phi) is 5.91. The molecule has 0 atom stereocenters. The smallest absolute Gasteiger partial charge is 0.350 e. The van der Waals surface area contributed by atoms with Crippen LogP contribution in [0.15, 0.2) is 9.59 Å². The predicted octanol–water partition coefficient (Wildman–Crippen LogP) is 1.08. The summed E-state index contributed by atoms with van der Waals surface area (Å²) >= 11 is 1.03. The first-order chi connectivity index (χ1) is 12.1. The van der Waals surface area contributed by atoms with Gasteiger partial charge in [-0.15, -0.1) is 11.3 Å². The van der Waals surface area contributed by atoms with E-state index in [-0.39, 0.29) is 29.9 Å². The maximum absolute atomic E-state index is 12.6. The van der Waals surface area contributed by atoms with E-state index < -0.39 is 36.3 Å². The molecule has 0 saturated heterocycles. The first-order valence-electron chi connectivity index (χ1n) is 7.89. The number of hydrogen-bond acceptors (Lipinski definition) is 5. The third kappa shape index (κ3) is 3.98. The number of rotatable bonds is 6. The molecule has 7 nitrogen and oxygen atoms in total. The van der Waals surface area contributed by atoms with Gasteiger partial charge in [-0.2, -0.15) is 13.2 Å². The number of nitrogens with two attached hydrogens (primary N) is 1. The lowest BCUT2D eigenvalue weighted by Crippen LogP contribution is -2.39. The number of hydrogen-bond donors (Lipinski definition) is 2. The molecule has 3 N–H and O–H groups in total. The van der Waals surface area contributed by atoms with E-state index in [0.29, 0.717) is 10.4 Å². The number of aryl methyl sites for hydroxylation is 2. The van der Waals surface area contributed by atoms with Crippen LogP contribution >= 0.6 is 11.3 Å². The van der Waals surface area contributed by atoms with Crippen LogP contribution in [-0.2, 0) is 24.4 Å². The Bertz CT molecular complexity index is 943. The summed E-state index contributed by atoms with van der Waals surface area (Å²) in [4.78, 5) is 37.2. The highest BCUT2D eigenvalue weighted by atomic mass is 32.1. The van der Waals surface area contributed by atoms with E-state index in [1.165, 1.54) is 0 Å². The minimum absolute atomic E-state index is 0.0498. The predicted molar refractivity (Wildman–Crippen MR) is 92.3 cm³/mol. The van der Waals surface area contributed by atoms with Gasteiger partial charge in [-0.1, -0.05) is 0 Å². The average molecular weight is 392 g/mol. The minimum Gasteiger partial charge on any atom is -0.350 e. The van der Waals surface area contributed by atoms with Crippen molar-refractivity contribution in [1.82, 2.24) is 14.5 Å². The van der Waals surface area contributed by atoms with Crippen LogP contribution in [0.2, 0.25) is 0 Å². The molecule has 2 rings (SSSR count). The lowest BCUT2D eigenvalue weighted by molar-refractivity contribution is -0.136. The number of alkyl halides is 3. The topological polar surface area (TPSA) is 99.1 Å². The molecule has 144 valence electrons. The number of halogens is 3. The second-order valence-corrected chi connectivity index (χ2v) is 6.74. The molecule has 0 radical (unpaired) electrons. The van der Waals surface area contributed by atoms with Gasteiger partial charge in [0.15, 0.2) is 0 Å². The maximum Gasteiger partial charge on any atom is 0.390 e. The molecule has 0 aromatic carbocycles. The molecule has 11 heteroatoms. The molecule has 0 fully saturated rings. The van der Waals surface area contributed by atoms with Crippen molar-refractivity contribution in [2.75, 3.05) is 6.54 Å². The minimum atomic E-state index is -4.43. The maximum atomic E-state index is 12.6. The summed E-state index contributed by atoms with van der Waals surface area (Å²) < 4.78 is 39.8. The number of aromatic nitrogens is 2. The van der Waals surface area contributed by atoms with Crippen LogP contribution in [0.25, 0.3) is 10.2 Å². The Balaban J connectivity index is 2.63. The molecular formula is C15H19F3N4O3S. The fourth-order valence-electron chi connectivity index (χ4n) is 2.57. The molecule has 26 heavy (non-hydrogen) atoms. The molecule has 0 spiro atoms. The summed E-state index contributed by atoms with van der Waals surface area (Å²) in [5, 5.41) is 2.76.